The molecule has 1 radical (unpaired) electrons. The van der Waals surface area contributed by atoms with Crippen molar-refractivity contribution in [2.24, 2.45) is 5.92 Å². The zero-order valence-corrected chi connectivity index (χ0v) is 37.9. The fourth-order valence-corrected chi connectivity index (χ4v) is 8.81. The quantitative estimate of drug-likeness (QED) is 0.127. The number of fused-ring (bicyclic) bond motifs is 4. The number of pyridine rings is 3. The molecule has 6 nitrogen and oxygen atoms in total. The van der Waals surface area contributed by atoms with Crippen LogP contribution in [0.1, 0.15) is 83.5 Å². The maximum absolute atomic E-state index is 6.23. The molecule has 0 bridgehead atoms. The van der Waals surface area contributed by atoms with Crippen LogP contribution >= 0.6 is 0 Å². The topological polar surface area (TPSA) is 69.6 Å². The van der Waals surface area contributed by atoms with Crippen LogP contribution < -0.4 is 5.19 Å². The van der Waals surface area contributed by atoms with Crippen molar-refractivity contribution in [1.82, 2.24) is 24.5 Å². The summed E-state index contributed by atoms with van der Waals surface area (Å²) in [5, 5.41) is 3.58. The van der Waals surface area contributed by atoms with Crippen molar-refractivity contribution in [2.75, 3.05) is 0 Å². The number of hydrogen-bond donors (Lipinski definition) is 0. The minimum atomic E-state index is -1.38. The van der Waals surface area contributed by atoms with Gasteiger partial charge in [-0.15, -0.1) is 53.1 Å². The minimum absolute atomic E-state index is 0. The van der Waals surface area contributed by atoms with Gasteiger partial charge in [0.05, 0.1) is 36.2 Å². The zero-order valence-electron chi connectivity index (χ0n) is 34.5. The summed E-state index contributed by atoms with van der Waals surface area (Å²) < 4.78 is 8.48. The third kappa shape index (κ3) is 8.31. The molecule has 0 atom stereocenters. The summed E-state index contributed by atoms with van der Waals surface area (Å²) in [7, 11) is -1.38. The average molecular weight is 914 g/mol. The molecule has 0 saturated carbocycles. The van der Waals surface area contributed by atoms with Crippen molar-refractivity contribution in [1.29, 1.82) is 0 Å². The monoisotopic (exact) mass is 914 g/mol. The molecule has 8 heteroatoms. The number of rotatable bonds is 5. The first-order chi connectivity index (χ1) is 24.7. The predicted molar refractivity (Wildman–Crippen MR) is 225 cm³/mol. The Bertz CT molecular complexity index is 2440. The maximum Gasteiger partial charge on any atom is 0.216 e. The van der Waals surface area contributed by atoms with E-state index in [2.05, 4.69) is 145 Å². The number of aryl methyl sites for hydroxylation is 3. The molecule has 7 aromatic rings. The summed E-state index contributed by atoms with van der Waals surface area (Å²) >= 11 is 0. The second-order valence-corrected chi connectivity index (χ2v) is 23.0. The molecule has 0 aliphatic rings. The number of aromatic nitrogens is 5. The van der Waals surface area contributed by atoms with Gasteiger partial charge < -0.3 is 14.0 Å². The smallest absolute Gasteiger partial charge is 0.216 e. The molecule has 2 aromatic carbocycles. The third-order valence-corrected chi connectivity index (χ3v) is 11.8. The van der Waals surface area contributed by atoms with Gasteiger partial charge in [0.2, 0.25) is 5.71 Å². The molecule has 5 aromatic heterocycles. The Kier molecular flexibility index (Phi) is 11.7. The fourth-order valence-electron chi connectivity index (χ4n) is 7.22. The van der Waals surface area contributed by atoms with Crippen molar-refractivity contribution in [2.45, 2.75) is 113 Å². The van der Waals surface area contributed by atoms with Gasteiger partial charge in [-0.1, -0.05) is 83.8 Å². The van der Waals surface area contributed by atoms with Gasteiger partial charge in [0.1, 0.15) is 0 Å². The predicted octanol–water partition coefficient (Wildman–Crippen LogP) is 11.5. The fraction of sp³-hybridized carbons (Fsp3) is 0.391. The number of furan rings is 1. The molecular formula is C46H55IrN5OSi-2. The summed E-state index contributed by atoms with van der Waals surface area (Å²) in [4.78, 5) is 18.9. The molecule has 5 heterocycles. The molecular weight excluding hydrogens is 859 g/mol. The summed E-state index contributed by atoms with van der Waals surface area (Å²) in [5.74, 6) is 1.50. The van der Waals surface area contributed by atoms with Crippen molar-refractivity contribution in [3.05, 3.63) is 101 Å². The Balaban J connectivity index is 0.000000208. The van der Waals surface area contributed by atoms with E-state index >= 15 is 0 Å². The van der Waals surface area contributed by atoms with Crippen LogP contribution in [0.15, 0.2) is 65.3 Å². The number of hydrogen-bond acceptors (Lipinski definition) is 5. The van der Waals surface area contributed by atoms with Crippen LogP contribution in [0.5, 0.6) is 0 Å². The van der Waals surface area contributed by atoms with E-state index in [9.17, 15) is 0 Å². The van der Waals surface area contributed by atoms with Crippen LogP contribution in [0.2, 0.25) is 19.6 Å². The van der Waals surface area contributed by atoms with E-state index in [1.165, 1.54) is 16.3 Å². The Morgan fingerprint density at radius 1 is 0.889 bits per heavy atom. The Labute approximate surface area is 336 Å². The molecule has 54 heavy (non-hydrogen) atoms. The van der Waals surface area contributed by atoms with Crippen LogP contribution in [0.3, 0.4) is 0 Å². The molecule has 0 spiro atoms. The molecule has 0 saturated heterocycles. The molecule has 0 aliphatic heterocycles. The number of imidazole rings is 1. The molecule has 7 rings (SSSR count). The van der Waals surface area contributed by atoms with E-state index in [0.29, 0.717) is 11.6 Å². The summed E-state index contributed by atoms with van der Waals surface area (Å²) in [6.07, 6.45) is 5.01. The molecule has 0 fully saturated rings. The van der Waals surface area contributed by atoms with E-state index in [0.717, 1.165) is 73.4 Å². The first-order valence-corrected chi connectivity index (χ1v) is 22.3. The third-order valence-electron chi connectivity index (χ3n) is 9.73. The van der Waals surface area contributed by atoms with Gasteiger partial charge in [0, 0.05) is 49.1 Å². The van der Waals surface area contributed by atoms with Gasteiger partial charge in [-0.05, 0) is 81.5 Å². The maximum atomic E-state index is 6.23. The molecule has 0 N–H and O–H groups in total. The minimum Gasteiger partial charge on any atom is -0.486 e. The first kappa shape index (κ1) is 41.2. The van der Waals surface area contributed by atoms with Crippen molar-refractivity contribution >= 4 is 46.4 Å². The van der Waals surface area contributed by atoms with Gasteiger partial charge in [0.15, 0.2) is 0 Å². The van der Waals surface area contributed by atoms with Crippen LogP contribution in [0.4, 0.5) is 0 Å². The van der Waals surface area contributed by atoms with Gasteiger partial charge in [-0.2, -0.15) is 0 Å². The van der Waals surface area contributed by atoms with Gasteiger partial charge >= 0.3 is 0 Å². The van der Waals surface area contributed by atoms with E-state index in [1.807, 2.05) is 32.0 Å². The Morgan fingerprint density at radius 3 is 2.22 bits per heavy atom. The normalized spacial score (nSPS) is 12.4. The summed E-state index contributed by atoms with van der Waals surface area (Å²) in [5.41, 5.74) is 12.2. The number of benzene rings is 2. The summed E-state index contributed by atoms with van der Waals surface area (Å²) in [6.45, 7) is 31.2. The van der Waals surface area contributed by atoms with Gasteiger partial charge in [0.25, 0.3) is 0 Å². The molecule has 0 aliphatic carbocycles. The van der Waals surface area contributed by atoms with Crippen LogP contribution in [0.25, 0.3) is 55.7 Å². The largest absolute Gasteiger partial charge is 0.486 e. The van der Waals surface area contributed by atoms with E-state index < -0.39 is 8.07 Å². The number of nitrogens with zero attached hydrogens (tertiary/aromatic N) is 5. The van der Waals surface area contributed by atoms with Crippen molar-refractivity contribution in [3.8, 4) is 22.6 Å². The van der Waals surface area contributed by atoms with Crippen LogP contribution in [-0.4, -0.2) is 32.6 Å². The van der Waals surface area contributed by atoms with Crippen molar-refractivity contribution < 1.29 is 24.5 Å². The average Bonchev–Trinajstić information content (AvgIpc) is 3.64. The van der Waals surface area contributed by atoms with Gasteiger partial charge in [-0.3, -0.25) is 9.97 Å². The van der Waals surface area contributed by atoms with Crippen LogP contribution in [-0.2, 0) is 37.5 Å². The zero-order chi connectivity index (χ0) is 38.6. The van der Waals surface area contributed by atoms with E-state index in [-0.39, 0.29) is 31.1 Å². The standard InChI is InChI=1S/C24H23N4O.C22H32NSi.Ir/c1-13-9-10-17(21-19(13)16-8-7-11-25-23(16)29-21)22-27-18-12-14(2)26-15(3)20(18)28(22)24(4,5)6;1-16(2)13-18-14-20(23-15-21(18)24(6,7)8)17-9-11-19(12-10-17)22(3,4)5;/h7-9,11-12H,1-6H3;9,11-12,14-16H,13H2,1-8H3;/q2*-1;. The summed E-state index contributed by atoms with van der Waals surface area (Å²) in [6, 6.07) is 23.7. The molecule has 0 amide bonds. The Morgan fingerprint density at radius 2 is 1.61 bits per heavy atom. The second-order valence-electron chi connectivity index (χ2n) is 18.0. The SMILES string of the molecule is CC(C)Cc1cc(-c2[c-]cc(C(C)(C)C)cc2)ncc1[Si](C)(C)C.Cc1cc2nc(-c3[c-]cc(C)c4c3oc3ncccc34)n(C(C)(C)C)c2c(C)n1.[Ir]. The Hall–Kier alpha value is -3.97. The molecule has 285 valence electrons. The van der Waals surface area contributed by atoms with E-state index in [4.69, 9.17) is 14.4 Å². The van der Waals surface area contributed by atoms with Crippen molar-refractivity contribution in [3.63, 3.8) is 0 Å². The molecule has 0 unspecified atom stereocenters. The van der Waals surface area contributed by atoms with E-state index in [1.54, 1.807) is 6.20 Å². The van der Waals surface area contributed by atoms with Gasteiger partial charge in [-0.25, -0.2) is 4.98 Å². The first-order valence-electron chi connectivity index (χ1n) is 18.8. The second kappa shape index (κ2) is 15.3. The van der Waals surface area contributed by atoms with Crippen LogP contribution in [0, 0.1) is 38.8 Å².